The molecule has 1 aliphatic rings. The summed E-state index contributed by atoms with van der Waals surface area (Å²) in [4.78, 5) is 15.6. The lowest BCUT2D eigenvalue weighted by molar-refractivity contribution is -0.242. The number of benzene rings is 2. The van der Waals surface area contributed by atoms with Crippen molar-refractivity contribution in [2.75, 3.05) is 12.3 Å². The molecule has 16 heteroatoms. The van der Waals surface area contributed by atoms with Crippen LogP contribution in [-0.4, -0.2) is 45.3 Å². The first kappa shape index (κ1) is 29.8. The Balaban J connectivity index is 1.69. The average molecular weight is 608 g/mol. The van der Waals surface area contributed by atoms with Crippen LogP contribution in [0.3, 0.4) is 0 Å². The maximum Gasteiger partial charge on any atom is 0.587 e. The Morgan fingerprint density at radius 1 is 1.10 bits per heavy atom. The Kier molecular flexibility index (Phi) is 8.21. The van der Waals surface area contributed by atoms with Crippen LogP contribution >= 0.6 is 19.4 Å². The van der Waals surface area contributed by atoms with Crippen molar-refractivity contribution >= 4 is 25.2 Å². The molecule has 3 atom stereocenters. The molecule has 0 radical (unpaired) electrons. The van der Waals surface area contributed by atoms with Crippen LogP contribution in [0.1, 0.15) is 17.4 Å². The van der Waals surface area contributed by atoms with E-state index in [0.717, 1.165) is 11.1 Å². The van der Waals surface area contributed by atoms with Crippen molar-refractivity contribution in [3.8, 4) is 11.5 Å². The Bertz CT molecular complexity index is 1430. The largest absolute Gasteiger partial charge is 0.587 e. The summed E-state index contributed by atoms with van der Waals surface area (Å²) in [6.45, 7) is 1.71. The van der Waals surface area contributed by atoms with Crippen molar-refractivity contribution in [3.63, 3.8) is 0 Å². The summed E-state index contributed by atoms with van der Waals surface area (Å²) in [5, 5.41) is 9.94. The van der Waals surface area contributed by atoms with Gasteiger partial charge in [-0.2, -0.15) is 13.8 Å². The first-order chi connectivity index (χ1) is 18.7. The molecule has 1 aliphatic heterocycles. The van der Waals surface area contributed by atoms with Crippen LogP contribution in [0.5, 0.6) is 11.5 Å². The maximum atomic E-state index is 15.4. The Morgan fingerprint density at radius 3 is 2.08 bits per heavy atom. The van der Waals surface area contributed by atoms with E-state index in [2.05, 4.69) is 4.98 Å². The molecule has 0 bridgehead atoms. The van der Waals surface area contributed by atoms with Crippen LogP contribution in [0.2, 0.25) is 5.02 Å². The third-order valence-electron chi connectivity index (χ3n) is 6.01. The number of aliphatic hydroxyl groups excluding tert-OH is 1. The minimum absolute atomic E-state index is 0.0849. The molecule has 2 heterocycles. The molecule has 40 heavy (non-hydrogen) atoms. The zero-order valence-corrected chi connectivity index (χ0v) is 22.5. The molecule has 0 unspecified atom stereocenters. The van der Waals surface area contributed by atoms with Gasteiger partial charge in [-0.15, -0.1) is 0 Å². The van der Waals surface area contributed by atoms with Gasteiger partial charge in [-0.25, -0.2) is 18.1 Å². The topological polar surface area (TPSA) is 135 Å². The summed E-state index contributed by atoms with van der Waals surface area (Å²) in [7, 11) is -4.97. The van der Waals surface area contributed by atoms with Gasteiger partial charge >= 0.3 is 19.4 Å². The number of nitrogens with two attached hydrogens (primary N) is 1. The zero-order valence-electron chi connectivity index (χ0n) is 20.8. The number of nitrogen functional groups attached to an aromatic ring is 1. The van der Waals surface area contributed by atoms with E-state index in [1.165, 1.54) is 24.3 Å². The molecule has 0 spiro atoms. The summed E-state index contributed by atoms with van der Waals surface area (Å²) >= 11 is 5.80. The van der Waals surface area contributed by atoms with Gasteiger partial charge in [-0.05, 0) is 38.1 Å². The number of halogens is 5. The minimum Gasteiger partial charge on any atom is -0.395 e. The quantitative estimate of drug-likeness (QED) is 0.257. The van der Waals surface area contributed by atoms with Gasteiger partial charge in [-0.1, -0.05) is 47.0 Å². The van der Waals surface area contributed by atoms with Crippen molar-refractivity contribution in [2.24, 2.45) is 0 Å². The van der Waals surface area contributed by atoms with E-state index in [1.807, 2.05) is 0 Å². The van der Waals surface area contributed by atoms with Crippen molar-refractivity contribution in [3.05, 3.63) is 81.4 Å². The van der Waals surface area contributed by atoms with Gasteiger partial charge in [0.1, 0.15) is 23.9 Å². The average Bonchev–Trinajstić information content (AvgIpc) is 3.09. The highest BCUT2D eigenvalue weighted by atomic mass is 35.5. The van der Waals surface area contributed by atoms with Gasteiger partial charge in [0.25, 0.3) is 6.43 Å². The van der Waals surface area contributed by atoms with E-state index in [9.17, 15) is 23.2 Å². The summed E-state index contributed by atoms with van der Waals surface area (Å²) in [6, 6.07) is 11.8. The first-order valence-corrected chi connectivity index (χ1v) is 13.3. The van der Waals surface area contributed by atoms with Gasteiger partial charge < -0.3 is 24.6 Å². The molecule has 0 aliphatic carbocycles. The van der Waals surface area contributed by atoms with Crippen LogP contribution in [0.25, 0.3) is 0 Å². The number of ether oxygens (including phenoxy) is 1. The summed E-state index contributed by atoms with van der Waals surface area (Å²) in [5.41, 5.74) is 1.76. The number of alkyl halides is 4. The zero-order chi connectivity index (χ0) is 29.5. The van der Waals surface area contributed by atoms with Gasteiger partial charge in [-0.3, -0.25) is 9.09 Å². The van der Waals surface area contributed by atoms with E-state index >= 15 is 8.78 Å². The molecule has 3 N–H and O–H groups in total. The van der Waals surface area contributed by atoms with Crippen molar-refractivity contribution < 1.29 is 45.5 Å². The van der Waals surface area contributed by atoms with E-state index in [-0.39, 0.29) is 16.1 Å². The highest BCUT2D eigenvalue weighted by Crippen LogP contribution is 2.56. The smallest absolute Gasteiger partial charge is 0.395 e. The van der Waals surface area contributed by atoms with E-state index < -0.39 is 61.2 Å². The normalized spacial score (nSPS) is 22.4. The second-order valence-electron chi connectivity index (χ2n) is 8.96. The molecule has 0 saturated carbocycles. The van der Waals surface area contributed by atoms with Crippen molar-refractivity contribution in [2.45, 2.75) is 44.1 Å². The Morgan fingerprint density at radius 2 is 1.60 bits per heavy atom. The third-order valence-corrected chi connectivity index (χ3v) is 7.62. The van der Waals surface area contributed by atoms with Crippen molar-refractivity contribution in [1.29, 1.82) is 0 Å². The number of hydrogen-bond acceptors (Lipinski definition) is 9. The molecule has 10 nitrogen and oxygen atoms in total. The van der Waals surface area contributed by atoms with Crippen LogP contribution in [0, 0.1) is 13.8 Å². The number of phosphoric acid groups is 1. The first-order valence-electron chi connectivity index (χ1n) is 11.5. The standard InChI is InChI=1S/C24H23ClF4N3O7P/c1-13-3-7-15(8-4-13)38-40(35,39-16-9-5-14(2)6-10-16)36-12-23(21(26)27)24(28,29)18(33)20(37-23)32-11-17(25)19(30)31-22(32)34/h3-11,18,20-21,33H,12H2,1-2H3,(H2,30,31,34)/t18-,20+,23-/m0/s1. The van der Waals surface area contributed by atoms with Crippen molar-refractivity contribution in [1.82, 2.24) is 9.55 Å². The summed E-state index contributed by atoms with van der Waals surface area (Å²) in [6.07, 6.45) is -8.76. The lowest BCUT2D eigenvalue weighted by atomic mass is 9.95. The fourth-order valence-corrected chi connectivity index (χ4v) is 5.13. The highest BCUT2D eigenvalue weighted by Gasteiger charge is 2.74. The molecule has 1 saturated heterocycles. The number of hydrogen-bond donors (Lipinski definition) is 2. The number of phosphoric ester groups is 1. The monoisotopic (exact) mass is 607 g/mol. The second-order valence-corrected chi connectivity index (χ2v) is 10.9. The van der Waals surface area contributed by atoms with Crippen LogP contribution < -0.4 is 20.5 Å². The molecule has 3 aromatic rings. The highest BCUT2D eigenvalue weighted by molar-refractivity contribution is 7.49. The predicted molar refractivity (Wildman–Crippen MR) is 135 cm³/mol. The number of aryl methyl sites for hydroxylation is 2. The molecule has 216 valence electrons. The van der Waals surface area contributed by atoms with Gasteiger partial charge in [0.2, 0.25) is 5.60 Å². The SMILES string of the molecule is Cc1ccc(OP(=O)(OC[C@@]2(C(F)F)O[C@@H](n3cc(Cl)c(N)nc3=O)[C@H](O)C2(F)F)Oc2ccc(C)cc2)cc1. The number of rotatable bonds is 9. The molecular formula is C24H23ClF4N3O7P. The Labute approximate surface area is 229 Å². The molecular weight excluding hydrogens is 585 g/mol. The van der Waals surface area contributed by atoms with E-state index in [0.29, 0.717) is 6.20 Å². The minimum atomic E-state index is -4.97. The van der Waals surface area contributed by atoms with Crippen LogP contribution in [-0.2, 0) is 13.8 Å². The molecule has 0 amide bonds. The van der Waals surface area contributed by atoms with Crippen LogP contribution in [0.15, 0.2) is 59.5 Å². The Hall–Kier alpha value is -3.16. The molecule has 1 fully saturated rings. The second kappa shape index (κ2) is 11.0. The number of anilines is 1. The molecule has 2 aromatic carbocycles. The predicted octanol–water partition coefficient (Wildman–Crippen LogP) is 4.91. The lowest BCUT2D eigenvalue weighted by Crippen LogP contribution is -2.57. The number of nitrogens with zero attached hydrogens (tertiary/aromatic N) is 2. The molecule has 4 rings (SSSR count). The van der Waals surface area contributed by atoms with Gasteiger partial charge in [0.05, 0.1) is 5.02 Å². The van der Waals surface area contributed by atoms with Gasteiger partial charge in [0.15, 0.2) is 12.3 Å². The third kappa shape index (κ3) is 5.68. The molecule has 1 aromatic heterocycles. The van der Waals surface area contributed by atoms with E-state index in [4.69, 9.17) is 35.6 Å². The van der Waals surface area contributed by atoms with Gasteiger partial charge in [0, 0.05) is 6.20 Å². The maximum absolute atomic E-state index is 15.4. The number of aliphatic hydroxyl groups is 1. The number of aromatic nitrogens is 2. The lowest BCUT2D eigenvalue weighted by Gasteiger charge is -2.33. The van der Waals surface area contributed by atoms with Crippen LogP contribution in [0.4, 0.5) is 23.4 Å². The summed E-state index contributed by atoms with van der Waals surface area (Å²) < 4.78 is 94.2. The summed E-state index contributed by atoms with van der Waals surface area (Å²) in [5.74, 6) is -5.40. The fraction of sp³-hybridized carbons (Fsp3) is 0.333. The fourth-order valence-electron chi connectivity index (χ4n) is 3.73. The van der Waals surface area contributed by atoms with E-state index in [1.54, 1.807) is 38.1 Å².